The molecule has 0 aliphatic rings. The molecule has 3 N–H and O–H groups in total. The van der Waals surface area contributed by atoms with E-state index in [1.165, 1.54) is 0 Å². The van der Waals surface area contributed by atoms with Gasteiger partial charge < -0.3 is 10.5 Å². The molecule has 0 saturated carbocycles. The van der Waals surface area contributed by atoms with E-state index < -0.39 is 52.7 Å². The molecule has 6 nitrogen and oxygen atoms in total. The lowest BCUT2D eigenvalue weighted by atomic mass is 10.2. The Labute approximate surface area is 152 Å². The van der Waals surface area contributed by atoms with Crippen LogP contribution in [0, 0.1) is 5.21 Å². The maximum Gasteiger partial charge on any atom is 0.462 e. The van der Waals surface area contributed by atoms with Crippen molar-refractivity contribution in [2.75, 3.05) is 5.32 Å². The number of ether oxygens (including phenoxy) is 1. The van der Waals surface area contributed by atoms with Crippen LogP contribution in [0.5, 0.6) is 0 Å². The third kappa shape index (κ3) is 4.68. The Kier molecular flexibility index (Phi) is 6.45. The number of hydrogen-bond donors (Lipinski definition) is 3. The zero-order chi connectivity index (χ0) is 23.1. The van der Waals surface area contributed by atoms with Crippen LogP contribution in [0.15, 0.2) is 24.3 Å². The Morgan fingerprint density at radius 2 is 1.41 bits per heavy atom. The first kappa shape index (κ1) is 24.8. The van der Waals surface area contributed by atoms with E-state index in [1.807, 2.05) is 0 Å². The molecular weight excluding hydrogens is 445 g/mol. The number of benzene rings is 1. The zero-order valence-electron chi connectivity index (χ0n) is 13.1. The predicted octanol–water partition coefficient (Wildman–Crippen LogP) is 3.06. The molecule has 1 amide bonds. The van der Waals surface area contributed by atoms with Gasteiger partial charge in [-0.3, -0.25) is 9.53 Å². The lowest BCUT2D eigenvalue weighted by Gasteiger charge is -2.34. The number of carbonyl (C=O) groups is 1. The van der Waals surface area contributed by atoms with Crippen LogP contribution in [0.3, 0.4) is 0 Å². The lowest BCUT2D eigenvalue weighted by Crippen LogP contribution is -2.99. The van der Waals surface area contributed by atoms with E-state index in [9.17, 15) is 58.3 Å². The molecule has 0 aromatic heterocycles. The maximum absolute atomic E-state index is 14.0. The Balaban J connectivity index is 3.38. The number of para-hydroxylation sites is 2. The van der Waals surface area contributed by atoms with Gasteiger partial charge in [0.25, 0.3) is 5.91 Å². The van der Waals surface area contributed by atoms with E-state index in [-0.39, 0.29) is 0 Å². The van der Waals surface area contributed by atoms with Crippen LogP contribution in [0.4, 0.5) is 59.7 Å². The predicted molar refractivity (Wildman–Crippen MR) is 67.8 cm³/mol. The average molecular weight is 452 g/mol. The van der Waals surface area contributed by atoms with Gasteiger partial charge in [-0.25, -0.2) is 5.21 Å². The largest absolute Gasteiger partial charge is 0.595 e. The Bertz CT molecular complexity index is 750. The fraction of sp³-hybridized carbons (Fsp3) is 0.417. The van der Waals surface area contributed by atoms with Crippen LogP contribution in [-0.4, -0.2) is 41.4 Å². The van der Waals surface area contributed by atoms with E-state index in [4.69, 9.17) is 5.21 Å². The van der Waals surface area contributed by atoms with Crippen LogP contribution in [0.25, 0.3) is 0 Å². The van der Waals surface area contributed by atoms with Gasteiger partial charge in [-0.05, 0) is 6.07 Å². The van der Waals surface area contributed by atoms with E-state index >= 15 is 0 Å². The van der Waals surface area contributed by atoms with Gasteiger partial charge in [0, 0.05) is 6.07 Å². The van der Waals surface area contributed by atoms with Crippen molar-refractivity contribution in [2.24, 2.45) is 0 Å². The van der Waals surface area contributed by atoms with Crippen molar-refractivity contribution < 1.29 is 68.3 Å². The van der Waals surface area contributed by atoms with E-state index in [0.717, 1.165) is 17.4 Å². The lowest BCUT2D eigenvalue weighted by molar-refractivity contribution is -0.990. The van der Waals surface area contributed by atoms with Crippen LogP contribution in [0.1, 0.15) is 0 Å². The molecule has 0 aliphatic carbocycles. The topological polar surface area (TPSA) is 86.1 Å². The normalized spacial score (nSPS) is 16.9. The summed E-state index contributed by atoms with van der Waals surface area (Å²) in [4.78, 5) is 11.5. The van der Waals surface area contributed by atoms with Gasteiger partial charge in [0.15, 0.2) is 5.69 Å². The van der Waals surface area contributed by atoms with Crippen molar-refractivity contribution >= 4 is 17.3 Å². The summed E-state index contributed by atoms with van der Waals surface area (Å²) in [5.74, 6) is -17.1. The summed E-state index contributed by atoms with van der Waals surface area (Å²) in [7, 11) is 0. The third-order valence-electron chi connectivity index (χ3n) is 3.05. The van der Waals surface area contributed by atoms with Gasteiger partial charge in [0.1, 0.15) is 5.69 Å². The minimum Gasteiger partial charge on any atom is -0.595 e. The van der Waals surface area contributed by atoms with Gasteiger partial charge in [0.05, 0.1) is 0 Å². The van der Waals surface area contributed by atoms with Crippen molar-refractivity contribution in [1.82, 2.24) is 0 Å². The molecule has 1 rings (SSSR count). The molecule has 2 atom stereocenters. The molecule has 0 spiro atoms. The van der Waals surface area contributed by atoms with Gasteiger partial charge in [0.2, 0.25) is 0 Å². The Morgan fingerprint density at radius 3 is 1.83 bits per heavy atom. The second-order valence-electron chi connectivity index (χ2n) is 5.09. The van der Waals surface area contributed by atoms with E-state index in [0.29, 0.717) is 12.1 Å². The zero-order valence-corrected chi connectivity index (χ0v) is 13.1. The molecular formula is C12H7F11N2O4. The summed E-state index contributed by atoms with van der Waals surface area (Å²) in [6.45, 7) is 0. The van der Waals surface area contributed by atoms with Crippen molar-refractivity contribution in [1.29, 1.82) is 0 Å². The fourth-order valence-electron chi connectivity index (χ4n) is 1.62. The smallest absolute Gasteiger partial charge is 0.462 e. The number of nitrogens with one attached hydrogen (secondary N) is 2. The number of hydrogen-bond acceptors (Lipinski definition) is 4. The summed E-state index contributed by atoms with van der Waals surface area (Å²) >= 11 is 0. The fourth-order valence-corrected chi connectivity index (χ4v) is 1.62. The molecule has 0 aliphatic heterocycles. The third-order valence-corrected chi connectivity index (χ3v) is 3.05. The summed E-state index contributed by atoms with van der Waals surface area (Å²) in [6, 6.07) is 3.04. The van der Waals surface area contributed by atoms with Gasteiger partial charge >= 0.3 is 30.2 Å². The molecule has 1 aromatic carbocycles. The van der Waals surface area contributed by atoms with Gasteiger partial charge in [-0.1, -0.05) is 12.1 Å². The second kappa shape index (κ2) is 7.54. The highest BCUT2D eigenvalue weighted by molar-refractivity contribution is 5.98. The van der Waals surface area contributed by atoms with Gasteiger partial charge in [-0.15, -0.1) is 0 Å². The highest BCUT2D eigenvalue weighted by Gasteiger charge is 2.79. The highest BCUT2D eigenvalue weighted by Crippen LogP contribution is 2.51. The number of carbonyl (C=O) groups excluding carboxylic acids is 1. The molecule has 0 saturated heterocycles. The van der Waals surface area contributed by atoms with Crippen LogP contribution in [-0.2, 0) is 9.53 Å². The summed E-state index contributed by atoms with van der Waals surface area (Å²) < 4.78 is 142. The van der Waals surface area contributed by atoms with Crippen LogP contribution in [0.2, 0.25) is 0 Å². The van der Waals surface area contributed by atoms with Crippen LogP contribution < -0.4 is 10.5 Å². The molecule has 0 fully saturated rings. The van der Waals surface area contributed by atoms with Crippen molar-refractivity contribution in [3.05, 3.63) is 29.5 Å². The maximum atomic E-state index is 14.0. The summed E-state index contributed by atoms with van der Waals surface area (Å²) in [5.41, 5.74) is -2.14. The number of rotatable bonds is 6. The molecule has 166 valence electrons. The van der Waals surface area contributed by atoms with Crippen LogP contribution >= 0.6 is 0 Å². The quantitative estimate of drug-likeness (QED) is 0.458. The summed E-state index contributed by atoms with van der Waals surface area (Å²) in [5, 5.41) is 18.6. The molecule has 0 heterocycles. The number of alkyl halides is 11. The Morgan fingerprint density at radius 1 is 0.931 bits per heavy atom. The molecule has 0 radical (unpaired) electrons. The van der Waals surface area contributed by atoms with Gasteiger partial charge in [-0.2, -0.15) is 53.5 Å². The van der Waals surface area contributed by atoms with E-state index in [1.54, 1.807) is 0 Å². The van der Waals surface area contributed by atoms with Crippen molar-refractivity contribution in [2.45, 2.75) is 30.2 Å². The first-order chi connectivity index (χ1) is 12.8. The summed E-state index contributed by atoms with van der Waals surface area (Å²) in [6.07, 6.45) is -21.3. The van der Waals surface area contributed by atoms with E-state index in [2.05, 4.69) is 4.74 Å². The first-order valence-corrected chi connectivity index (χ1v) is 6.70. The molecule has 29 heavy (non-hydrogen) atoms. The minimum atomic E-state index is -7.33. The second-order valence-corrected chi connectivity index (χ2v) is 5.09. The highest BCUT2D eigenvalue weighted by atomic mass is 19.4. The SMILES string of the molecule is O=C(Nc1ccccc1[NH+]([O-])O)C(F)(OC(F)(F)C(F)(F)C(F)(F)F)C(F)(F)F. The number of halogens is 11. The molecule has 17 heteroatoms. The standard InChI is InChI=1S/C12H7F11N2O4/c13-8(10(16,17)18,29-12(22,23)9(14,15)11(19,20)21)7(26)24-5-3-1-2-4-6(5)25(27)28/h1-4,25,27H,(H,24,26). The molecule has 0 bridgehead atoms. The number of anilines is 1. The number of quaternary nitrogens is 1. The number of amides is 1. The minimum absolute atomic E-state index is 0.542. The first-order valence-electron chi connectivity index (χ1n) is 6.70. The Hall–Kier alpha value is -2.24. The molecule has 1 aromatic rings. The molecule has 2 unspecified atom stereocenters. The monoisotopic (exact) mass is 452 g/mol. The average Bonchev–Trinajstić information content (AvgIpc) is 2.52. The van der Waals surface area contributed by atoms with Crippen molar-refractivity contribution in [3.8, 4) is 0 Å². The van der Waals surface area contributed by atoms with Crippen molar-refractivity contribution in [3.63, 3.8) is 0 Å².